The largest absolute Gasteiger partial charge is 0.352 e. The Balaban J connectivity index is 1.78. The number of anilines is 1. The minimum absolute atomic E-state index is 0.0185. The van der Waals surface area contributed by atoms with Gasteiger partial charge < -0.3 is 5.32 Å². The van der Waals surface area contributed by atoms with Crippen LogP contribution in [0.1, 0.15) is 42.2 Å². The number of carbonyl (C=O) groups is 2. The Kier molecular flexibility index (Phi) is 7.84. The van der Waals surface area contributed by atoms with Gasteiger partial charge in [0.2, 0.25) is 11.8 Å². The summed E-state index contributed by atoms with van der Waals surface area (Å²) in [5.74, 6) is -0.0600. The Labute approximate surface area is 232 Å². The molecule has 39 heavy (non-hydrogen) atoms. The number of carbonyl (C=O) groups excluding carboxylic acids is 2. The van der Waals surface area contributed by atoms with Gasteiger partial charge in [-0.3, -0.25) is 14.5 Å². The first-order chi connectivity index (χ1) is 18.9. The highest BCUT2D eigenvalue weighted by Gasteiger charge is 2.38. The zero-order chi connectivity index (χ0) is 27.5. The van der Waals surface area contributed by atoms with Crippen LogP contribution < -0.4 is 10.2 Å². The maximum Gasteiger partial charge on any atom is 0.240 e. The Hall–Kier alpha value is -3.91. The Morgan fingerprint density at radius 1 is 1.08 bits per heavy atom. The smallest absolute Gasteiger partial charge is 0.240 e. The molecule has 1 aliphatic heterocycles. The van der Waals surface area contributed by atoms with Crippen LogP contribution in [-0.4, -0.2) is 39.9 Å². The molecule has 0 saturated carbocycles. The first-order valence-corrected chi connectivity index (χ1v) is 14.1. The van der Waals surface area contributed by atoms with Gasteiger partial charge in [-0.25, -0.2) is 9.07 Å². The van der Waals surface area contributed by atoms with Crippen molar-refractivity contribution in [3.63, 3.8) is 0 Å². The van der Waals surface area contributed by atoms with E-state index < -0.39 is 0 Å². The van der Waals surface area contributed by atoms with Gasteiger partial charge in [-0.05, 0) is 55.7 Å². The first-order valence-electron chi connectivity index (χ1n) is 13.1. The number of nitrogens with zero attached hydrogens (tertiary/aromatic N) is 3. The number of thioether (sulfide) groups is 1. The molecule has 5 rings (SSSR count). The molecule has 0 saturated heterocycles. The van der Waals surface area contributed by atoms with Crippen molar-refractivity contribution in [2.75, 3.05) is 17.2 Å². The summed E-state index contributed by atoms with van der Waals surface area (Å²) >= 11 is 1.53. The molecule has 0 spiro atoms. The van der Waals surface area contributed by atoms with Crippen molar-refractivity contribution in [1.29, 1.82) is 0 Å². The Bertz CT molecular complexity index is 1490. The number of rotatable bonds is 7. The summed E-state index contributed by atoms with van der Waals surface area (Å²) in [5.41, 5.74) is 5.26. The highest BCUT2D eigenvalue weighted by molar-refractivity contribution is 8.00. The normalized spacial score (nSPS) is 15.9. The van der Waals surface area contributed by atoms with Gasteiger partial charge in [0, 0.05) is 17.2 Å². The third-order valence-electron chi connectivity index (χ3n) is 7.00. The summed E-state index contributed by atoms with van der Waals surface area (Å²) in [5, 5.41) is 7.81. The van der Waals surface area contributed by atoms with Gasteiger partial charge in [0.1, 0.15) is 18.2 Å². The van der Waals surface area contributed by atoms with Gasteiger partial charge in [0.05, 0.1) is 22.4 Å². The van der Waals surface area contributed by atoms with Crippen LogP contribution in [0, 0.1) is 12.7 Å². The highest BCUT2D eigenvalue weighted by atomic mass is 32.2. The fourth-order valence-corrected chi connectivity index (χ4v) is 6.08. The second-order valence-electron chi connectivity index (χ2n) is 9.74. The van der Waals surface area contributed by atoms with Crippen molar-refractivity contribution in [3.8, 4) is 16.9 Å². The third kappa shape index (κ3) is 5.47. The topological polar surface area (TPSA) is 67.2 Å². The number of halogens is 1. The summed E-state index contributed by atoms with van der Waals surface area (Å²) in [6.07, 6.45) is 0.780. The Morgan fingerprint density at radius 3 is 2.46 bits per heavy atom. The molecule has 0 unspecified atom stereocenters. The lowest BCUT2D eigenvalue weighted by Gasteiger charge is -2.24. The fourth-order valence-electron chi connectivity index (χ4n) is 4.78. The van der Waals surface area contributed by atoms with Crippen molar-refractivity contribution >= 4 is 29.4 Å². The summed E-state index contributed by atoms with van der Waals surface area (Å²) in [6.45, 7) is 5.86. The van der Waals surface area contributed by atoms with E-state index in [0.717, 1.165) is 34.4 Å². The van der Waals surface area contributed by atoms with Gasteiger partial charge in [0.25, 0.3) is 0 Å². The predicted octanol–water partition coefficient (Wildman–Crippen LogP) is 6.07. The predicted molar refractivity (Wildman–Crippen MR) is 155 cm³/mol. The quantitative estimate of drug-likeness (QED) is 0.308. The molecule has 3 aromatic carbocycles. The van der Waals surface area contributed by atoms with E-state index >= 15 is 0 Å². The van der Waals surface area contributed by atoms with Crippen LogP contribution in [0.4, 0.5) is 10.2 Å². The zero-order valence-corrected chi connectivity index (χ0v) is 23.0. The van der Waals surface area contributed by atoms with Gasteiger partial charge in [-0.15, -0.1) is 11.8 Å². The monoisotopic (exact) mass is 542 g/mol. The second kappa shape index (κ2) is 11.5. The van der Waals surface area contributed by atoms with Crippen LogP contribution in [0.25, 0.3) is 16.9 Å². The fraction of sp³-hybridized carbons (Fsp3) is 0.258. The van der Waals surface area contributed by atoms with E-state index in [4.69, 9.17) is 5.10 Å². The van der Waals surface area contributed by atoms with E-state index in [1.54, 1.807) is 21.7 Å². The minimum atomic E-state index is -0.366. The van der Waals surface area contributed by atoms with Gasteiger partial charge >= 0.3 is 0 Å². The number of aromatic nitrogens is 2. The molecule has 8 heteroatoms. The van der Waals surface area contributed by atoms with E-state index in [9.17, 15) is 14.0 Å². The first kappa shape index (κ1) is 26.7. The van der Waals surface area contributed by atoms with Crippen molar-refractivity contribution in [2.45, 2.75) is 38.5 Å². The van der Waals surface area contributed by atoms with E-state index in [0.29, 0.717) is 11.5 Å². The maximum absolute atomic E-state index is 13.9. The molecule has 0 fully saturated rings. The van der Waals surface area contributed by atoms with E-state index in [-0.39, 0.29) is 41.2 Å². The molecule has 4 aromatic rings. The van der Waals surface area contributed by atoms with E-state index in [1.807, 2.05) is 56.3 Å². The van der Waals surface area contributed by atoms with Crippen LogP contribution >= 0.6 is 11.8 Å². The Morgan fingerprint density at radius 2 is 1.77 bits per heavy atom. The third-order valence-corrected chi connectivity index (χ3v) is 8.24. The SMILES string of the molecule is CC[C@@H](C)NC(=O)CN1C(=O)CS[C@H](c2ccccc2C)c2c(-c3ccccc3)nn(-c3ccc(F)cc3)c21. The molecule has 0 radical (unpaired) electrons. The summed E-state index contributed by atoms with van der Waals surface area (Å²) in [7, 11) is 0. The molecule has 6 nitrogen and oxygen atoms in total. The van der Waals surface area contributed by atoms with E-state index in [2.05, 4.69) is 24.4 Å². The molecule has 1 N–H and O–H groups in total. The average Bonchev–Trinajstić information content (AvgIpc) is 3.27. The molecule has 0 bridgehead atoms. The number of nitrogens with one attached hydrogen (secondary N) is 1. The average molecular weight is 543 g/mol. The van der Waals surface area contributed by atoms with Crippen molar-refractivity contribution < 1.29 is 14.0 Å². The van der Waals surface area contributed by atoms with E-state index in [1.165, 1.54) is 23.9 Å². The number of benzene rings is 3. The van der Waals surface area contributed by atoms with Gasteiger partial charge in [-0.1, -0.05) is 61.5 Å². The number of aryl methyl sites for hydroxylation is 1. The summed E-state index contributed by atoms with van der Waals surface area (Å²) < 4.78 is 15.6. The van der Waals surface area contributed by atoms with Gasteiger partial charge in [0.15, 0.2) is 0 Å². The van der Waals surface area contributed by atoms with Crippen LogP contribution in [0.2, 0.25) is 0 Å². The molecule has 200 valence electrons. The lowest BCUT2D eigenvalue weighted by molar-refractivity contribution is -0.123. The molecular weight excluding hydrogens is 511 g/mol. The molecule has 2 heterocycles. The summed E-state index contributed by atoms with van der Waals surface area (Å²) in [4.78, 5) is 28.4. The molecular formula is C31H31FN4O2S. The number of amides is 2. The lowest BCUT2D eigenvalue weighted by atomic mass is 9.97. The van der Waals surface area contributed by atoms with Gasteiger partial charge in [-0.2, -0.15) is 5.10 Å². The number of fused-ring (bicyclic) bond motifs is 1. The second-order valence-corrected chi connectivity index (χ2v) is 10.8. The molecule has 2 atom stereocenters. The molecule has 1 aromatic heterocycles. The maximum atomic E-state index is 13.9. The molecule has 2 amide bonds. The van der Waals surface area contributed by atoms with Crippen LogP contribution in [0.3, 0.4) is 0 Å². The van der Waals surface area contributed by atoms with Crippen LogP contribution in [0.5, 0.6) is 0 Å². The standard InChI is InChI=1S/C31H31FN4O2S/c1-4-21(3)33-26(37)18-35-27(38)19-39-30(25-13-9-8-10-20(25)2)28-29(22-11-6-5-7-12-22)34-36(31(28)35)24-16-14-23(32)15-17-24/h5-17,21,30H,4,18-19H2,1-3H3,(H,33,37)/t21-,30-/m1/s1. The lowest BCUT2D eigenvalue weighted by Crippen LogP contribution is -2.44. The zero-order valence-electron chi connectivity index (χ0n) is 22.2. The highest BCUT2D eigenvalue weighted by Crippen LogP contribution is 2.49. The van der Waals surface area contributed by atoms with Crippen LogP contribution in [-0.2, 0) is 9.59 Å². The molecule has 1 aliphatic rings. The van der Waals surface area contributed by atoms with Crippen molar-refractivity contribution in [2.24, 2.45) is 0 Å². The van der Waals surface area contributed by atoms with Crippen molar-refractivity contribution in [3.05, 3.63) is 101 Å². The number of hydrogen-bond acceptors (Lipinski definition) is 4. The summed E-state index contributed by atoms with van der Waals surface area (Å²) in [6, 6.07) is 24.0. The van der Waals surface area contributed by atoms with Crippen molar-refractivity contribution in [1.82, 2.24) is 15.1 Å². The minimum Gasteiger partial charge on any atom is -0.352 e. The number of hydrogen-bond donors (Lipinski definition) is 1. The molecule has 0 aliphatic carbocycles. The van der Waals surface area contributed by atoms with Crippen LogP contribution in [0.15, 0.2) is 78.9 Å².